The van der Waals surface area contributed by atoms with Gasteiger partial charge in [-0.3, -0.25) is 0 Å². The number of unbranched alkanes of at least 4 members (excludes halogenated alkanes) is 1. The van der Waals surface area contributed by atoms with Crippen molar-refractivity contribution in [1.29, 1.82) is 0 Å². The minimum Gasteiger partial charge on any atom is -0.430 e. The van der Waals surface area contributed by atoms with Gasteiger partial charge in [-0.1, -0.05) is 26.3 Å². The summed E-state index contributed by atoms with van der Waals surface area (Å²) in [5.41, 5.74) is 0. The van der Waals surface area contributed by atoms with Crippen molar-refractivity contribution in [1.82, 2.24) is 0 Å². The molecule has 68 valence electrons. The maximum atomic E-state index is 10.7. The predicted octanol–water partition coefficient (Wildman–Crippen LogP) is 1.63. The third-order valence-electron chi connectivity index (χ3n) is 1.78. The van der Waals surface area contributed by atoms with Crippen LogP contribution in [-0.4, -0.2) is 18.4 Å². The molecule has 1 saturated heterocycles. The first-order valence-electron chi connectivity index (χ1n) is 4.26. The second-order valence-electron chi connectivity index (χ2n) is 2.83. The number of epoxide rings is 1. The fourth-order valence-corrected chi connectivity index (χ4v) is 1.00. The van der Waals surface area contributed by atoms with Crippen molar-refractivity contribution in [3.63, 3.8) is 0 Å². The summed E-state index contributed by atoms with van der Waals surface area (Å²) < 4.78 is 9.94. The highest BCUT2D eigenvalue weighted by atomic mass is 16.8. The first kappa shape index (κ1) is 9.26. The van der Waals surface area contributed by atoms with Crippen molar-refractivity contribution in [2.24, 2.45) is 0 Å². The summed E-state index contributed by atoms with van der Waals surface area (Å²) >= 11 is 0. The van der Waals surface area contributed by atoms with Crippen LogP contribution in [0.2, 0.25) is 0 Å². The summed E-state index contributed by atoms with van der Waals surface area (Å²) in [5, 5.41) is 0. The van der Waals surface area contributed by atoms with Gasteiger partial charge in [-0.15, -0.1) is 0 Å². The molecule has 1 heterocycles. The Labute approximate surface area is 72.4 Å². The summed E-state index contributed by atoms with van der Waals surface area (Å²) in [6.07, 6.45) is 4.22. The summed E-state index contributed by atoms with van der Waals surface area (Å²) in [5.74, 6) is -0.404. The van der Waals surface area contributed by atoms with E-state index in [-0.39, 0.29) is 12.4 Å². The molecule has 0 aromatic rings. The van der Waals surface area contributed by atoms with E-state index in [1.807, 2.05) is 0 Å². The standard InChI is InChI=1S/C9H14O3/c1-3-5-6-7-9(11-7)12-8(10)4-2/h4,7,9H,2-3,5-6H2,1H3. The minimum absolute atomic E-state index is 0.133. The van der Waals surface area contributed by atoms with E-state index < -0.39 is 5.97 Å². The topological polar surface area (TPSA) is 38.8 Å². The zero-order valence-electron chi connectivity index (χ0n) is 7.29. The molecule has 0 amide bonds. The van der Waals surface area contributed by atoms with Crippen LogP contribution in [0.5, 0.6) is 0 Å². The zero-order valence-corrected chi connectivity index (χ0v) is 7.29. The summed E-state index contributed by atoms with van der Waals surface area (Å²) in [6, 6.07) is 0. The molecular formula is C9H14O3. The zero-order chi connectivity index (χ0) is 8.97. The van der Waals surface area contributed by atoms with Crippen LogP contribution in [0.15, 0.2) is 12.7 Å². The molecule has 0 spiro atoms. The number of ether oxygens (including phenoxy) is 2. The quantitative estimate of drug-likeness (QED) is 0.357. The molecule has 3 nitrogen and oxygen atoms in total. The Morgan fingerprint density at radius 3 is 3.08 bits per heavy atom. The maximum absolute atomic E-state index is 10.7. The Morgan fingerprint density at radius 1 is 1.75 bits per heavy atom. The van der Waals surface area contributed by atoms with Crippen molar-refractivity contribution < 1.29 is 14.3 Å². The molecular weight excluding hydrogens is 156 g/mol. The van der Waals surface area contributed by atoms with Crippen molar-refractivity contribution in [2.75, 3.05) is 0 Å². The monoisotopic (exact) mass is 170 g/mol. The van der Waals surface area contributed by atoms with Gasteiger partial charge < -0.3 is 9.47 Å². The maximum Gasteiger partial charge on any atom is 0.332 e. The van der Waals surface area contributed by atoms with Gasteiger partial charge in [-0.25, -0.2) is 4.79 Å². The summed E-state index contributed by atoms with van der Waals surface area (Å²) in [4.78, 5) is 10.7. The third kappa shape index (κ3) is 2.66. The molecule has 0 aliphatic carbocycles. The van der Waals surface area contributed by atoms with Gasteiger partial charge in [-0.05, 0) is 6.42 Å². The van der Waals surface area contributed by atoms with Crippen molar-refractivity contribution in [3.8, 4) is 0 Å². The first-order chi connectivity index (χ1) is 5.77. The number of hydrogen-bond donors (Lipinski definition) is 0. The highest BCUT2D eigenvalue weighted by Gasteiger charge is 2.41. The Bertz CT molecular complexity index is 177. The normalized spacial score (nSPS) is 26.4. The van der Waals surface area contributed by atoms with Crippen LogP contribution < -0.4 is 0 Å². The molecule has 0 saturated carbocycles. The first-order valence-corrected chi connectivity index (χ1v) is 4.26. The van der Waals surface area contributed by atoms with Crippen LogP contribution in [0.25, 0.3) is 0 Å². The predicted molar refractivity (Wildman–Crippen MR) is 44.5 cm³/mol. The molecule has 1 aliphatic heterocycles. The lowest BCUT2D eigenvalue weighted by molar-refractivity contribution is -0.142. The van der Waals surface area contributed by atoms with Crippen LogP contribution >= 0.6 is 0 Å². The van der Waals surface area contributed by atoms with E-state index in [0.717, 1.165) is 25.3 Å². The highest BCUT2D eigenvalue weighted by Crippen LogP contribution is 2.28. The average molecular weight is 170 g/mol. The molecule has 0 bridgehead atoms. The molecule has 0 radical (unpaired) electrons. The van der Waals surface area contributed by atoms with Gasteiger partial charge >= 0.3 is 5.97 Å². The molecule has 12 heavy (non-hydrogen) atoms. The molecule has 2 unspecified atom stereocenters. The fourth-order valence-electron chi connectivity index (χ4n) is 1.00. The van der Waals surface area contributed by atoms with E-state index in [1.165, 1.54) is 0 Å². The van der Waals surface area contributed by atoms with Crippen molar-refractivity contribution in [2.45, 2.75) is 38.6 Å². The van der Waals surface area contributed by atoms with Gasteiger partial charge in [0.05, 0.1) is 0 Å². The molecule has 0 aromatic heterocycles. The fraction of sp³-hybridized carbons (Fsp3) is 0.667. The lowest BCUT2D eigenvalue weighted by Gasteiger charge is -1.94. The second kappa shape index (κ2) is 4.26. The van der Waals surface area contributed by atoms with E-state index in [9.17, 15) is 4.79 Å². The van der Waals surface area contributed by atoms with Gasteiger partial charge in [0.15, 0.2) is 0 Å². The molecule has 2 atom stereocenters. The SMILES string of the molecule is C=CC(=O)OC1OC1CCCC. The van der Waals surface area contributed by atoms with Gasteiger partial charge in [0.1, 0.15) is 6.10 Å². The minimum atomic E-state index is -0.404. The summed E-state index contributed by atoms with van der Waals surface area (Å²) in [7, 11) is 0. The van der Waals surface area contributed by atoms with Gasteiger partial charge in [0.2, 0.25) is 6.29 Å². The summed E-state index contributed by atoms with van der Waals surface area (Å²) in [6.45, 7) is 5.42. The molecule has 1 aliphatic rings. The van der Waals surface area contributed by atoms with Crippen molar-refractivity contribution in [3.05, 3.63) is 12.7 Å². The van der Waals surface area contributed by atoms with Crippen LogP contribution in [-0.2, 0) is 14.3 Å². The Hall–Kier alpha value is -0.830. The Kier molecular flexibility index (Phi) is 3.29. The van der Waals surface area contributed by atoms with Gasteiger partial charge in [0, 0.05) is 6.08 Å². The molecule has 0 N–H and O–H groups in total. The molecule has 1 rings (SSSR count). The number of hydrogen-bond acceptors (Lipinski definition) is 3. The largest absolute Gasteiger partial charge is 0.430 e. The number of rotatable bonds is 5. The Morgan fingerprint density at radius 2 is 2.50 bits per heavy atom. The van der Waals surface area contributed by atoms with Crippen LogP contribution in [0.4, 0.5) is 0 Å². The molecule has 1 fully saturated rings. The van der Waals surface area contributed by atoms with E-state index in [4.69, 9.17) is 9.47 Å². The van der Waals surface area contributed by atoms with E-state index in [2.05, 4.69) is 13.5 Å². The second-order valence-corrected chi connectivity index (χ2v) is 2.83. The van der Waals surface area contributed by atoms with Crippen LogP contribution in [0.1, 0.15) is 26.2 Å². The molecule has 0 aromatic carbocycles. The highest BCUT2D eigenvalue weighted by molar-refractivity contribution is 5.81. The van der Waals surface area contributed by atoms with Crippen LogP contribution in [0.3, 0.4) is 0 Å². The van der Waals surface area contributed by atoms with E-state index in [1.54, 1.807) is 0 Å². The lowest BCUT2D eigenvalue weighted by Crippen LogP contribution is -2.05. The third-order valence-corrected chi connectivity index (χ3v) is 1.78. The van der Waals surface area contributed by atoms with Crippen LogP contribution in [0, 0.1) is 0 Å². The number of carbonyl (C=O) groups is 1. The van der Waals surface area contributed by atoms with Crippen molar-refractivity contribution >= 4 is 5.97 Å². The smallest absolute Gasteiger partial charge is 0.332 e. The lowest BCUT2D eigenvalue weighted by atomic mass is 10.2. The molecule has 3 heteroatoms. The van der Waals surface area contributed by atoms with E-state index >= 15 is 0 Å². The number of carbonyl (C=O) groups excluding carboxylic acids is 1. The Balaban J connectivity index is 2.07. The van der Waals surface area contributed by atoms with Gasteiger partial charge in [0.25, 0.3) is 0 Å². The average Bonchev–Trinajstić information content (AvgIpc) is 2.80. The van der Waals surface area contributed by atoms with E-state index in [0.29, 0.717) is 0 Å². The number of esters is 1. The van der Waals surface area contributed by atoms with Gasteiger partial charge in [-0.2, -0.15) is 0 Å².